The van der Waals surface area contributed by atoms with Crippen LogP contribution in [-0.2, 0) is 4.74 Å². The lowest BCUT2D eigenvalue weighted by Crippen LogP contribution is -2.36. The minimum absolute atomic E-state index is 0.0379. The number of thiocarbonyl (C=S) groups is 1. The van der Waals surface area contributed by atoms with Crippen LogP contribution in [0.4, 0.5) is 0 Å². The molecular weight excluding hydrogens is 418 g/mol. The highest BCUT2D eigenvalue weighted by Gasteiger charge is 2.42. The second-order valence-electron chi connectivity index (χ2n) is 7.55. The lowest BCUT2D eigenvalue weighted by atomic mass is 10.0. The number of halogens is 1. The van der Waals surface area contributed by atoms with E-state index >= 15 is 0 Å². The van der Waals surface area contributed by atoms with Crippen molar-refractivity contribution in [3.63, 3.8) is 0 Å². The molecule has 2 aliphatic heterocycles. The molecule has 3 atom stereocenters. The number of nitrogens with zero attached hydrogens (tertiary/aromatic N) is 4. The van der Waals surface area contributed by atoms with Crippen LogP contribution in [-0.4, -0.2) is 43.8 Å². The summed E-state index contributed by atoms with van der Waals surface area (Å²) >= 11 is 11.8. The maximum Gasteiger partial charge on any atom is 0.170 e. The van der Waals surface area contributed by atoms with Gasteiger partial charge in [0.25, 0.3) is 0 Å². The Morgan fingerprint density at radius 1 is 1.17 bits per heavy atom. The third-order valence-electron chi connectivity index (χ3n) is 5.66. The van der Waals surface area contributed by atoms with Gasteiger partial charge in [0.05, 0.1) is 28.9 Å². The number of ether oxygens (including phenoxy) is 1. The van der Waals surface area contributed by atoms with Gasteiger partial charge in [-0.2, -0.15) is 0 Å². The van der Waals surface area contributed by atoms with E-state index in [1.165, 1.54) is 0 Å². The Labute approximate surface area is 185 Å². The Balaban J connectivity index is 1.56. The molecule has 3 unspecified atom stereocenters. The van der Waals surface area contributed by atoms with Gasteiger partial charge in [0.2, 0.25) is 0 Å². The number of hydrogen-bond donors (Lipinski definition) is 1. The highest BCUT2D eigenvalue weighted by molar-refractivity contribution is 7.80. The molecule has 0 spiro atoms. The van der Waals surface area contributed by atoms with Crippen molar-refractivity contribution in [2.24, 2.45) is 0 Å². The molecule has 0 amide bonds. The van der Waals surface area contributed by atoms with E-state index in [4.69, 9.17) is 28.6 Å². The van der Waals surface area contributed by atoms with Crippen molar-refractivity contribution in [2.75, 3.05) is 13.2 Å². The Kier molecular flexibility index (Phi) is 5.41. The van der Waals surface area contributed by atoms with E-state index in [9.17, 15) is 0 Å². The maximum absolute atomic E-state index is 6.05. The van der Waals surface area contributed by atoms with Gasteiger partial charge >= 0.3 is 0 Å². The maximum atomic E-state index is 6.05. The van der Waals surface area contributed by atoms with Gasteiger partial charge in [0.15, 0.2) is 5.11 Å². The lowest BCUT2D eigenvalue weighted by Gasteiger charge is -2.30. The molecule has 0 saturated carbocycles. The molecule has 6 nitrogen and oxygen atoms in total. The molecule has 2 saturated heterocycles. The first-order valence-electron chi connectivity index (χ1n) is 10.1. The third kappa shape index (κ3) is 3.69. The Morgan fingerprint density at radius 2 is 2.10 bits per heavy atom. The molecule has 0 radical (unpaired) electrons. The van der Waals surface area contributed by atoms with Crippen molar-refractivity contribution in [1.29, 1.82) is 0 Å². The molecule has 30 heavy (non-hydrogen) atoms. The predicted octanol–water partition coefficient (Wildman–Crippen LogP) is 4.07. The summed E-state index contributed by atoms with van der Waals surface area (Å²) in [6.45, 7) is 1.57. The average molecular weight is 440 g/mol. The van der Waals surface area contributed by atoms with Crippen molar-refractivity contribution in [3.8, 4) is 5.82 Å². The van der Waals surface area contributed by atoms with Gasteiger partial charge in [-0.05, 0) is 61.5 Å². The van der Waals surface area contributed by atoms with Gasteiger partial charge in [-0.3, -0.25) is 4.98 Å². The molecule has 0 aromatic carbocycles. The zero-order valence-corrected chi connectivity index (χ0v) is 17.9. The highest BCUT2D eigenvalue weighted by Crippen LogP contribution is 2.40. The van der Waals surface area contributed by atoms with Crippen LogP contribution in [0.5, 0.6) is 0 Å². The van der Waals surface area contributed by atoms with Gasteiger partial charge < -0.3 is 19.5 Å². The van der Waals surface area contributed by atoms with Crippen molar-refractivity contribution >= 4 is 28.9 Å². The number of aromatic nitrogens is 3. The lowest BCUT2D eigenvalue weighted by molar-refractivity contribution is 0.0836. The van der Waals surface area contributed by atoms with Crippen LogP contribution in [0.15, 0.2) is 61.1 Å². The second kappa shape index (κ2) is 8.34. The molecule has 2 aliphatic rings. The summed E-state index contributed by atoms with van der Waals surface area (Å²) in [5.41, 5.74) is 2.04. The van der Waals surface area contributed by atoms with Crippen LogP contribution in [0.2, 0.25) is 5.02 Å². The minimum Gasteiger partial charge on any atom is -0.376 e. The summed E-state index contributed by atoms with van der Waals surface area (Å²) in [4.78, 5) is 11.4. The molecule has 5 rings (SSSR count). The van der Waals surface area contributed by atoms with Gasteiger partial charge in [-0.15, -0.1) is 0 Å². The van der Waals surface area contributed by atoms with Crippen LogP contribution in [0.1, 0.15) is 36.3 Å². The zero-order chi connectivity index (χ0) is 20.5. The largest absolute Gasteiger partial charge is 0.376 e. The molecule has 5 heterocycles. The van der Waals surface area contributed by atoms with E-state index in [2.05, 4.69) is 30.8 Å². The Hall–Kier alpha value is -2.48. The molecule has 2 fully saturated rings. The zero-order valence-electron chi connectivity index (χ0n) is 16.3. The monoisotopic (exact) mass is 439 g/mol. The standard InChI is InChI=1S/C22H22ClN5OS/c23-15-8-9-19(25-13-15)27-11-3-7-18(27)21-20(17-6-1-2-10-24-17)26-22(30)28(21)14-16-5-4-12-29-16/h1-3,6-11,13,16,20-21H,4-5,12,14H2,(H,26,30). The normalized spacial score (nSPS) is 23.7. The van der Waals surface area contributed by atoms with E-state index in [0.717, 1.165) is 48.3 Å². The van der Waals surface area contributed by atoms with E-state index in [-0.39, 0.29) is 18.2 Å². The van der Waals surface area contributed by atoms with E-state index in [1.807, 2.05) is 48.8 Å². The molecule has 3 aromatic heterocycles. The van der Waals surface area contributed by atoms with Crippen LogP contribution in [0, 0.1) is 0 Å². The fraction of sp³-hybridized carbons (Fsp3) is 0.318. The van der Waals surface area contributed by atoms with Gasteiger partial charge in [0, 0.05) is 37.4 Å². The van der Waals surface area contributed by atoms with Crippen molar-refractivity contribution in [1.82, 2.24) is 24.8 Å². The highest BCUT2D eigenvalue weighted by atomic mass is 35.5. The fourth-order valence-corrected chi connectivity index (χ4v) is 4.71. The van der Waals surface area contributed by atoms with E-state index in [0.29, 0.717) is 5.02 Å². The summed E-state index contributed by atoms with van der Waals surface area (Å²) in [5, 5.41) is 4.84. The quantitative estimate of drug-likeness (QED) is 0.605. The first-order valence-corrected chi connectivity index (χ1v) is 10.9. The Bertz CT molecular complexity index is 1020. The van der Waals surface area contributed by atoms with E-state index < -0.39 is 0 Å². The first-order chi connectivity index (χ1) is 14.7. The molecular formula is C22H22ClN5OS. The smallest absolute Gasteiger partial charge is 0.170 e. The van der Waals surface area contributed by atoms with Crippen LogP contribution in [0.3, 0.4) is 0 Å². The molecule has 0 bridgehead atoms. The van der Waals surface area contributed by atoms with Gasteiger partial charge in [0.1, 0.15) is 5.82 Å². The van der Waals surface area contributed by atoms with Crippen molar-refractivity contribution < 1.29 is 4.74 Å². The summed E-state index contributed by atoms with van der Waals surface area (Å²) in [5.74, 6) is 0.814. The minimum atomic E-state index is -0.0685. The summed E-state index contributed by atoms with van der Waals surface area (Å²) in [7, 11) is 0. The van der Waals surface area contributed by atoms with Crippen LogP contribution < -0.4 is 5.32 Å². The van der Waals surface area contributed by atoms with Crippen molar-refractivity contribution in [3.05, 3.63) is 77.5 Å². The topological polar surface area (TPSA) is 55.2 Å². The molecule has 1 N–H and O–H groups in total. The first kappa shape index (κ1) is 19.5. The summed E-state index contributed by atoms with van der Waals surface area (Å²) in [6.07, 6.45) is 7.84. The van der Waals surface area contributed by atoms with Crippen LogP contribution in [0.25, 0.3) is 5.82 Å². The number of nitrogens with one attached hydrogen (secondary N) is 1. The molecule has 154 valence electrons. The summed E-state index contributed by atoms with van der Waals surface area (Å²) in [6, 6.07) is 13.8. The number of pyridine rings is 2. The van der Waals surface area contributed by atoms with E-state index in [1.54, 1.807) is 6.20 Å². The average Bonchev–Trinajstić information content (AvgIpc) is 3.51. The Morgan fingerprint density at radius 3 is 2.83 bits per heavy atom. The molecule has 0 aliphatic carbocycles. The van der Waals surface area contributed by atoms with Gasteiger partial charge in [-0.1, -0.05) is 17.7 Å². The molecule has 8 heteroatoms. The van der Waals surface area contributed by atoms with Crippen molar-refractivity contribution in [2.45, 2.75) is 31.0 Å². The van der Waals surface area contributed by atoms with Crippen LogP contribution >= 0.6 is 23.8 Å². The SMILES string of the molecule is S=C1NC(c2ccccn2)C(c2cccn2-c2ccc(Cl)cn2)N1CC1CCCO1. The van der Waals surface area contributed by atoms with Gasteiger partial charge in [-0.25, -0.2) is 4.98 Å². The fourth-order valence-electron chi connectivity index (χ4n) is 4.29. The number of hydrogen-bond acceptors (Lipinski definition) is 4. The third-order valence-corrected chi connectivity index (χ3v) is 6.24. The number of rotatable bonds is 5. The molecule has 3 aromatic rings. The summed E-state index contributed by atoms with van der Waals surface area (Å²) < 4.78 is 8.01. The predicted molar refractivity (Wildman–Crippen MR) is 120 cm³/mol. The second-order valence-corrected chi connectivity index (χ2v) is 8.37.